The van der Waals surface area contributed by atoms with Crippen molar-refractivity contribution >= 4 is 10.1 Å². The van der Waals surface area contributed by atoms with Gasteiger partial charge in [0.15, 0.2) is 0 Å². The molecule has 0 aliphatic carbocycles. The molecule has 13 heavy (non-hydrogen) atoms. The van der Waals surface area contributed by atoms with Crippen LogP contribution in [0.1, 0.15) is 26.2 Å². The Bertz CT molecular complexity index is 194. The van der Waals surface area contributed by atoms with Crippen LogP contribution in [0.4, 0.5) is 0 Å². The summed E-state index contributed by atoms with van der Waals surface area (Å²) in [5.74, 6) is -0.258. The molecule has 74 valence electrons. The number of nitrogens with one attached hydrogen (secondary N) is 1. The minimum absolute atomic E-state index is 0. The van der Waals surface area contributed by atoms with Gasteiger partial charge in [0.2, 0.25) is 0 Å². The summed E-state index contributed by atoms with van der Waals surface area (Å²) >= 11 is 0. The summed E-state index contributed by atoms with van der Waals surface area (Å²) in [6, 6.07) is 0. The molecule has 0 aromatic carbocycles. The molecule has 0 aromatic heterocycles. The molecule has 0 spiro atoms. The SMILES string of the molecule is CCCCNCCCS(=O)(=O)[O-].[Na+]. The van der Waals surface area contributed by atoms with Gasteiger partial charge in [0.05, 0.1) is 10.1 Å². The summed E-state index contributed by atoms with van der Waals surface area (Å²) < 4.78 is 30.4. The molecule has 0 fully saturated rings. The van der Waals surface area contributed by atoms with Crippen molar-refractivity contribution in [3.05, 3.63) is 0 Å². The van der Waals surface area contributed by atoms with E-state index in [0.29, 0.717) is 13.0 Å². The summed E-state index contributed by atoms with van der Waals surface area (Å²) in [5, 5.41) is 3.06. The zero-order chi connectivity index (χ0) is 9.45. The molecule has 0 rings (SSSR count). The molecule has 1 N–H and O–H groups in total. The smallest absolute Gasteiger partial charge is 0.748 e. The summed E-state index contributed by atoms with van der Waals surface area (Å²) in [6.45, 7) is 3.60. The maximum atomic E-state index is 10.1. The van der Waals surface area contributed by atoms with Crippen LogP contribution in [0.15, 0.2) is 0 Å². The van der Waals surface area contributed by atoms with Gasteiger partial charge in [-0.05, 0) is 25.9 Å². The average Bonchev–Trinajstić information content (AvgIpc) is 1.94. The van der Waals surface area contributed by atoms with E-state index in [1.165, 1.54) is 0 Å². The van der Waals surface area contributed by atoms with Crippen molar-refractivity contribution in [1.82, 2.24) is 5.32 Å². The first kappa shape index (κ1) is 16.3. The van der Waals surface area contributed by atoms with Gasteiger partial charge in [-0.25, -0.2) is 8.42 Å². The van der Waals surface area contributed by atoms with E-state index in [1.807, 2.05) is 0 Å². The molecule has 0 bridgehead atoms. The Morgan fingerprint density at radius 2 is 1.77 bits per heavy atom. The van der Waals surface area contributed by atoms with Gasteiger partial charge in [-0.3, -0.25) is 0 Å². The van der Waals surface area contributed by atoms with Crippen molar-refractivity contribution < 1.29 is 42.5 Å². The van der Waals surface area contributed by atoms with Crippen LogP contribution in [0, 0.1) is 0 Å². The summed E-state index contributed by atoms with van der Waals surface area (Å²) in [6.07, 6.45) is 2.62. The minimum Gasteiger partial charge on any atom is -0.748 e. The van der Waals surface area contributed by atoms with Crippen molar-refractivity contribution in [2.45, 2.75) is 26.2 Å². The molecule has 4 nitrogen and oxygen atoms in total. The van der Waals surface area contributed by atoms with Gasteiger partial charge in [-0.2, -0.15) is 0 Å². The molecule has 0 saturated heterocycles. The van der Waals surface area contributed by atoms with E-state index >= 15 is 0 Å². The molecule has 0 aliphatic heterocycles. The molecule has 0 saturated carbocycles. The fourth-order valence-electron chi connectivity index (χ4n) is 0.801. The Hall–Kier alpha value is 0.870. The molecule has 0 aromatic rings. The third-order valence-corrected chi connectivity index (χ3v) is 2.24. The monoisotopic (exact) mass is 217 g/mol. The summed E-state index contributed by atoms with van der Waals surface area (Å²) in [4.78, 5) is 0. The van der Waals surface area contributed by atoms with Crippen LogP contribution in [0.3, 0.4) is 0 Å². The van der Waals surface area contributed by atoms with E-state index in [2.05, 4.69) is 12.2 Å². The Labute approximate surface area is 103 Å². The normalized spacial score (nSPS) is 10.9. The van der Waals surface area contributed by atoms with E-state index in [1.54, 1.807) is 0 Å². The predicted molar refractivity (Wildman–Crippen MR) is 47.0 cm³/mol. The molecule has 6 heteroatoms. The number of rotatable bonds is 7. The summed E-state index contributed by atoms with van der Waals surface area (Å²) in [7, 11) is -4.01. The minimum atomic E-state index is -4.01. The van der Waals surface area contributed by atoms with Crippen LogP contribution in [0.25, 0.3) is 0 Å². The second-order valence-electron chi connectivity index (χ2n) is 2.72. The Morgan fingerprint density at radius 3 is 2.23 bits per heavy atom. The molecule has 0 heterocycles. The van der Waals surface area contributed by atoms with Crippen molar-refractivity contribution in [3.8, 4) is 0 Å². The predicted octanol–water partition coefficient (Wildman–Crippen LogP) is -2.68. The molecule has 0 atom stereocenters. The zero-order valence-electron chi connectivity index (χ0n) is 8.38. The second-order valence-corrected chi connectivity index (χ2v) is 4.24. The first-order valence-electron chi connectivity index (χ1n) is 4.20. The Kier molecular flexibility index (Phi) is 11.8. The van der Waals surface area contributed by atoms with Crippen LogP contribution in [0.2, 0.25) is 0 Å². The van der Waals surface area contributed by atoms with Gasteiger partial charge in [0, 0.05) is 5.75 Å². The molecule has 0 amide bonds. The second kappa shape index (κ2) is 9.43. The quantitative estimate of drug-likeness (QED) is 0.286. The first-order valence-corrected chi connectivity index (χ1v) is 5.78. The fourth-order valence-corrected chi connectivity index (χ4v) is 1.30. The number of hydrogen-bond donors (Lipinski definition) is 1. The van der Waals surface area contributed by atoms with Gasteiger partial charge >= 0.3 is 29.6 Å². The molecule has 0 radical (unpaired) electrons. The average molecular weight is 217 g/mol. The number of hydrogen-bond acceptors (Lipinski definition) is 4. The maximum absolute atomic E-state index is 10.1. The van der Waals surface area contributed by atoms with Crippen LogP contribution in [-0.4, -0.2) is 31.8 Å². The van der Waals surface area contributed by atoms with Gasteiger partial charge in [-0.1, -0.05) is 13.3 Å². The van der Waals surface area contributed by atoms with Crippen LogP contribution >= 0.6 is 0 Å². The van der Waals surface area contributed by atoms with Gasteiger partial charge in [-0.15, -0.1) is 0 Å². The van der Waals surface area contributed by atoms with Crippen molar-refractivity contribution in [3.63, 3.8) is 0 Å². The van der Waals surface area contributed by atoms with E-state index < -0.39 is 10.1 Å². The van der Waals surface area contributed by atoms with Gasteiger partial charge < -0.3 is 9.87 Å². The first-order chi connectivity index (χ1) is 5.56. The summed E-state index contributed by atoms with van der Waals surface area (Å²) in [5.41, 5.74) is 0. The van der Waals surface area contributed by atoms with Gasteiger partial charge in [0.25, 0.3) is 0 Å². The maximum Gasteiger partial charge on any atom is 1.00 e. The van der Waals surface area contributed by atoms with E-state index in [9.17, 15) is 13.0 Å². The Balaban J connectivity index is 0. The number of unbranched alkanes of at least 4 members (excludes halogenated alkanes) is 1. The third kappa shape index (κ3) is 15.6. The van der Waals surface area contributed by atoms with Crippen LogP contribution in [-0.2, 0) is 10.1 Å². The fraction of sp³-hybridized carbons (Fsp3) is 1.00. The van der Waals surface area contributed by atoms with Gasteiger partial charge in [0.1, 0.15) is 0 Å². The van der Waals surface area contributed by atoms with Crippen molar-refractivity contribution in [2.24, 2.45) is 0 Å². The zero-order valence-corrected chi connectivity index (χ0v) is 11.2. The Morgan fingerprint density at radius 1 is 1.23 bits per heavy atom. The van der Waals surface area contributed by atoms with E-state index in [0.717, 1.165) is 19.4 Å². The van der Waals surface area contributed by atoms with E-state index in [-0.39, 0.29) is 35.3 Å². The van der Waals surface area contributed by atoms with Crippen LogP contribution in [0.5, 0.6) is 0 Å². The van der Waals surface area contributed by atoms with E-state index in [4.69, 9.17) is 0 Å². The van der Waals surface area contributed by atoms with Crippen LogP contribution < -0.4 is 34.9 Å². The third-order valence-electron chi connectivity index (χ3n) is 1.45. The van der Waals surface area contributed by atoms with Crippen molar-refractivity contribution in [2.75, 3.05) is 18.8 Å². The standard InChI is InChI=1S/C7H17NO3S.Na/c1-2-3-5-8-6-4-7-12(9,10)11;/h8H,2-7H2,1H3,(H,9,10,11);/q;+1/p-1. The molecule has 0 aliphatic rings. The molecule has 0 unspecified atom stereocenters. The largest absolute Gasteiger partial charge is 1.00 e. The molecular weight excluding hydrogens is 201 g/mol. The van der Waals surface area contributed by atoms with Crippen molar-refractivity contribution in [1.29, 1.82) is 0 Å². The topological polar surface area (TPSA) is 69.2 Å². The molecular formula is C7H16NNaO3S.